The monoisotopic (exact) mass is 377 g/mol. The van der Waals surface area contributed by atoms with Crippen LogP contribution in [0.5, 0.6) is 0 Å². The molecule has 0 aliphatic rings. The summed E-state index contributed by atoms with van der Waals surface area (Å²) in [5, 5.41) is 7.08. The lowest BCUT2D eigenvalue weighted by molar-refractivity contribution is 0.250. The number of benzene rings is 1. The molecule has 0 N–H and O–H groups in total. The average Bonchev–Trinajstić information content (AvgIpc) is 3.40. The summed E-state index contributed by atoms with van der Waals surface area (Å²) in [6.07, 6.45) is 6.70. The van der Waals surface area contributed by atoms with Gasteiger partial charge in [0.15, 0.2) is 10.8 Å². The first-order valence-corrected chi connectivity index (χ1v) is 9.45. The van der Waals surface area contributed by atoms with Crippen LogP contribution in [0.4, 0.5) is 0 Å². The van der Waals surface area contributed by atoms with Crippen molar-refractivity contribution in [2.45, 2.75) is 19.5 Å². The maximum atomic E-state index is 4.68. The SMILES string of the molecule is CC(c1ccc(-n2cncn2)cc1)N(C)Cc1csc(-c2ncccn2)n1. The van der Waals surface area contributed by atoms with Gasteiger partial charge in [-0.05, 0) is 37.7 Å². The third-order valence-electron chi connectivity index (χ3n) is 4.44. The predicted molar refractivity (Wildman–Crippen MR) is 104 cm³/mol. The maximum Gasteiger partial charge on any atom is 0.188 e. The molecule has 136 valence electrons. The van der Waals surface area contributed by atoms with E-state index in [1.54, 1.807) is 34.7 Å². The Morgan fingerprint density at radius 1 is 1.15 bits per heavy atom. The third kappa shape index (κ3) is 3.91. The van der Waals surface area contributed by atoms with Gasteiger partial charge in [0, 0.05) is 30.4 Å². The Labute approximate surface area is 161 Å². The van der Waals surface area contributed by atoms with E-state index in [1.807, 2.05) is 6.07 Å². The Morgan fingerprint density at radius 3 is 2.63 bits per heavy atom. The topological polar surface area (TPSA) is 72.6 Å². The van der Waals surface area contributed by atoms with Gasteiger partial charge in [-0.3, -0.25) is 4.90 Å². The van der Waals surface area contributed by atoms with Crippen molar-refractivity contribution in [3.8, 4) is 16.5 Å². The van der Waals surface area contributed by atoms with Gasteiger partial charge in [0.05, 0.1) is 11.4 Å². The molecule has 0 saturated heterocycles. The first kappa shape index (κ1) is 17.4. The number of aromatic nitrogens is 6. The van der Waals surface area contributed by atoms with Crippen LogP contribution in [0, 0.1) is 0 Å². The minimum Gasteiger partial charge on any atom is -0.294 e. The van der Waals surface area contributed by atoms with Crippen molar-refractivity contribution in [3.63, 3.8) is 0 Å². The van der Waals surface area contributed by atoms with E-state index in [-0.39, 0.29) is 6.04 Å². The van der Waals surface area contributed by atoms with Crippen LogP contribution in [0.3, 0.4) is 0 Å². The summed E-state index contributed by atoms with van der Waals surface area (Å²) < 4.78 is 1.75. The van der Waals surface area contributed by atoms with Gasteiger partial charge >= 0.3 is 0 Å². The van der Waals surface area contributed by atoms with Gasteiger partial charge in [0.25, 0.3) is 0 Å². The summed E-state index contributed by atoms with van der Waals surface area (Å²) in [7, 11) is 2.11. The fraction of sp³-hybridized carbons (Fsp3) is 0.211. The molecule has 4 rings (SSSR count). The molecule has 0 saturated carbocycles. The Kier molecular flexibility index (Phi) is 4.99. The largest absolute Gasteiger partial charge is 0.294 e. The van der Waals surface area contributed by atoms with Crippen LogP contribution in [0.15, 0.2) is 60.8 Å². The van der Waals surface area contributed by atoms with E-state index in [2.05, 4.69) is 73.6 Å². The van der Waals surface area contributed by atoms with Gasteiger partial charge in [-0.25, -0.2) is 24.6 Å². The number of rotatable bonds is 6. The van der Waals surface area contributed by atoms with Crippen LogP contribution >= 0.6 is 11.3 Å². The summed E-state index contributed by atoms with van der Waals surface area (Å²) in [6.45, 7) is 2.95. The summed E-state index contributed by atoms with van der Waals surface area (Å²) in [5.74, 6) is 0.674. The minimum absolute atomic E-state index is 0.257. The van der Waals surface area contributed by atoms with E-state index in [4.69, 9.17) is 0 Å². The highest BCUT2D eigenvalue weighted by atomic mass is 32.1. The smallest absolute Gasteiger partial charge is 0.188 e. The molecular weight excluding hydrogens is 358 g/mol. The number of thiazole rings is 1. The van der Waals surface area contributed by atoms with Gasteiger partial charge < -0.3 is 0 Å². The van der Waals surface area contributed by atoms with Crippen LogP contribution in [-0.4, -0.2) is 41.7 Å². The summed E-state index contributed by atoms with van der Waals surface area (Å²) in [4.78, 5) is 19.5. The first-order chi connectivity index (χ1) is 13.2. The molecule has 4 aromatic rings. The van der Waals surface area contributed by atoms with Crippen molar-refractivity contribution in [2.75, 3.05) is 7.05 Å². The molecule has 1 atom stereocenters. The van der Waals surface area contributed by atoms with E-state index in [9.17, 15) is 0 Å². The fourth-order valence-electron chi connectivity index (χ4n) is 2.79. The lowest BCUT2D eigenvalue weighted by Crippen LogP contribution is -2.22. The molecule has 0 spiro atoms. The van der Waals surface area contributed by atoms with Crippen molar-refractivity contribution < 1.29 is 0 Å². The van der Waals surface area contributed by atoms with Crippen LogP contribution < -0.4 is 0 Å². The molecule has 1 unspecified atom stereocenters. The Bertz CT molecular complexity index is 981. The molecule has 7 nitrogen and oxygen atoms in total. The summed E-state index contributed by atoms with van der Waals surface area (Å²) in [5.41, 5.74) is 3.26. The molecule has 0 radical (unpaired) electrons. The molecule has 1 aromatic carbocycles. The molecule has 3 aromatic heterocycles. The summed E-state index contributed by atoms with van der Waals surface area (Å²) >= 11 is 1.57. The highest BCUT2D eigenvalue weighted by molar-refractivity contribution is 7.13. The van der Waals surface area contributed by atoms with Crippen LogP contribution in [0.25, 0.3) is 16.5 Å². The Balaban J connectivity index is 1.43. The maximum absolute atomic E-state index is 4.68. The van der Waals surface area contributed by atoms with Gasteiger partial charge in [0.1, 0.15) is 12.7 Å². The fourth-order valence-corrected chi connectivity index (χ4v) is 3.54. The standard InChI is InChI=1S/C19H19N7S/c1-14(15-4-6-17(7-5-15)26-13-20-12-23-26)25(2)10-16-11-27-19(24-16)18-21-8-3-9-22-18/h3-9,11-14H,10H2,1-2H3. The second kappa shape index (κ2) is 7.73. The first-order valence-electron chi connectivity index (χ1n) is 8.57. The van der Waals surface area contributed by atoms with E-state index < -0.39 is 0 Å². The second-order valence-electron chi connectivity index (χ2n) is 6.24. The zero-order chi connectivity index (χ0) is 18.6. The van der Waals surface area contributed by atoms with Crippen molar-refractivity contribution in [1.82, 2.24) is 34.6 Å². The average molecular weight is 377 g/mol. The Morgan fingerprint density at radius 2 is 1.93 bits per heavy atom. The molecule has 0 bridgehead atoms. The lowest BCUT2D eigenvalue weighted by Gasteiger charge is -2.24. The second-order valence-corrected chi connectivity index (χ2v) is 7.10. The zero-order valence-electron chi connectivity index (χ0n) is 15.1. The van der Waals surface area contributed by atoms with Gasteiger partial charge in [-0.1, -0.05) is 12.1 Å². The van der Waals surface area contributed by atoms with Gasteiger partial charge in [0.2, 0.25) is 0 Å². The highest BCUT2D eigenvalue weighted by Crippen LogP contribution is 2.24. The van der Waals surface area contributed by atoms with Crippen molar-refractivity contribution in [3.05, 3.63) is 72.0 Å². The van der Waals surface area contributed by atoms with E-state index in [0.29, 0.717) is 5.82 Å². The molecule has 8 heteroatoms. The normalized spacial score (nSPS) is 12.4. The van der Waals surface area contributed by atoms with E-state index >= 15 is 0 Å². The van der Waals surface area contributed by atoms with Crippen molar-refractivity contribution in [1.29, 1.82) is 0 Å². The predicted octanol–water partition coefficient (Wildman–Crippen LogP) is 3.37. The zero-order valence-corrected chi connectivity index (χ0v) is 15.9. The molecule has 3 heterocycles. The number of hydrogen-bond donors (Lipinski definition) is 0. The van der Waals surface area contributed by atoms with Crippen LogP contribution in [0.2, 0.25) is 0 Å². The Hall–Kier alpha value is -2.97. The molecule has 0 fully saturated rings. The molecule has 0 amide bonds. The molecule has 27 heavy (non-hydrogen) atoms. The summed E-state index contributed by atoms with van der Waals surface area (Å²) in [6, 6.07) is 10.4. The van der Waals surface area contributed by atoms with Crippen LogP contribution in [-0.2, 0) is 6.54 Å². The van der Waals surface area contributed by atoms with E-state index in [1.165, 1.54) is 11.9 Å². The van der Waals surface area contributed by atoms with E-state index in [0.717, 1.165) is 22.9 Å². The molecule has 0 aliphatic heterocycles. The van der Waals surface area contributed by atoms with Crippen molar-refractivity contribution in [2.24, 2.45) is 0 Å². The number of nitrogens with zero attached hydrogens (tertiary/aromatic N) is 7. The molecule has 0 aliphatic carbocycles. The van der Waals surface area contributed by atoms with Gasteiger partial charge in [-0.15, -0.1) is 11.3 Å². The quantitative estimate of drug-likeness (QED) is 0.513. The van der Waals surface area contributed by atoms with Gasteiger partial charge in [-0.2, -0.15) is 5.10 Å². The minimum atomic E-state index is 0.257. The van der Waals surface area contributed by atoms with Crippen molar-refractivity contribution >= 4 is 11.3 Å². The highest BCUT2D eigenvalue weighted by Gasteiger charge is 2.15. The molecular formula is C19H19N7S. The third-order valence-corrected chi connectivity index (χ3v) is 5.33. The lowest BCUT2D eigenvalue weighted by atomic mass is 10.1. The number of hydrogen-bond acceptors (Lipinski definition) is 7. The van der Waals surface area contributed by atoms with Crippen LogP contribution in [0.1, 0.15) is 24.2 Å².